The molecular formula is C9H13N3O2. The number of urea groups is 1. The van der Waals surface area contributed by atoms with Gasteiger partial charge in [0.1, 0.15) is 0 Å². The molecule has 1 aliphatic heterocycles. The van der Waals surface area contributed by atoms with Gasteiger partial charge >= 0.3 is 6.03 Å². The number of carbonyl (C=O) groups is 1. The average molecular weight is 195 g/mol. The maximum absolute atomic E-state index is 11.6. The molecule has 0 spiro atoms. The Kier molecular flexibility index (Phi) is 2.69. The molecule has 1 saturated heterocycles. The van der Waals surface area contributed by atoms with E-state index in [0.717, 1.165) is 26.2 Å². The molecule has 0 saturated carbocycles. The van der Waals surface area contributed by atoms with Crippen LogP contribution in [0.5, 0.6) is 0 Å². The summed E-state index contributed by atoms with van der Waals surface area (Å²) in [5, 5.41) is 5.87. The molecule has 2 heterocycles. The van der Waals surface area contributed by atoms with Gasteiger partial charge in [-0.3, -0.25) is 5.32 Å². The minimum atomic E-state index is -0.0959. The van der Waals surface area contributed by atoms with E-state index >= 15 is 0 Å². The van der Waals surface area contributed by atoms with Gasteiger partial charge in [-0.1, -0.05) is 0 Å². The molecule has 2 amide bonds. The molecule has 5 nitrogen and oxygen atoms in total. The average Bonchev–Trinajstić information content (AvgIpc) is 2.72. The summed E-state index contributed by atoms with van der Waals surface area (Å²) in [5.41, 5.74) is 0. The van der Waals surface area contributed by atoms with Crippen LogP contribution in [0.3, 0.4) is 0 Å². The molecule has 0 aliphatic carbocycles. The first-order chi connectivity index (χ1) is 6.86. The number of nitrogens with zero attached hydrogens (tertiary/aromatic N) is 1. The highest BCUT2D eigenvalue weighted by Gasteiger charge is 2.16. The van der Waals surface area contributed by atoms with Crippen molar-refractivity contribution in [2.45, 2.75) is 0 Å². The van der Waals surface area contributed by atoms with E-state index in [2.05, 4.69) is 10.6 Å². The lowest BCUT2D eigenvalue weighted by Gasteiger charge is -2.26. The van der Waals surface area contributed by atoms with Crippen LogP contribution >= 0.6 is 0 Å². The van der Waals surface area contributed by atoms with E-state index in [9.17, 15) is 4.79 Å². The molecular weight excluding hydrogens is 182 g/mol. The van der Waals surface area contributed by atoms with Crippen LogP contribution in [0.2, 0.25) is 0 Å². The maximum atomic E-state index is 11.6. The van der Waals surface area contributed by atoms with Gasteiger partial charge in [0, 0.05) is 32.2 Å². The first-order valence-electron chi connectivity index (χ1n) is 4.66. The molecule has 1 aromatic heterocycles. The number of anilines is 1. The van der Waals surface area contributed by atoms with E-state index in [0.29, 0.717) is 5.88 Å². The van der Waals surface area contributed by atoms with E-state index < -0.39 is 0 Å². The number of hydrogen-bond acceptors (Lipinski definition) is 3. The Bertz CT molecular complexity index is 291. The van der Waals surface area contributed by atoms with Gasteiger partial charge in [0.2, 0.25) is 5.88 Å². The molecule has 0 radical (unpaired) electrons. The maximum Gasteiger partial charge on any atom is 0.324 e. The number of hydrogen-bond donors (Lipinski definition) is 2. The van der Waals surface area contributed by atoms with Crippen molar-refractivity contribution >= 4 is 11.9 Å². The van der Waals surface area contributed by atoms with Crippen LogP contribution in [0.1, 0.15) is 0 Å². The number of amides is 2. The summed E-state index contributed by atoms with van der Waals surface area (Å²) in [6.07, 6.45) is 1.54. The van der Waals surface area contributed by atoms with Gasteiger partial charge in [-0.05, 0) is 6.07 Å². The molecule has 2 N–H and O–H groups in total. The van der Waals surface area contributed by atoms with Gasteiger partial charge < -0.3 is 14.6 Å². The van der Waals surface area contributed by atoms with E-state index in [1.54, 1.807) is 17.0 Å². The molecule has 1 aliphatic rings. The first-order valence-corrected chi connectivity index (χ1v) is 4.66. The molecule has 1 fully saturated rings. The number of nitrogens with one attached hydrogen (secondary N) is 2. The Morgan fingerprint density at radius 3 is 2.93 bits per heavy atom. The Hall–Kier alpha value is -1.49. The SMILES string of the molecule is O=C(Nc1ccco1)N1CCNCC1. The normalized spacial score (nSPS) is 16.7. The topological polar surface area (TPSA) is 57.5 Å². The second-order valence-electron chi connectivity index (χ2n) is 3.14. The lowest BCUT2D eigenvalue weighted by molar-refractivity contribution is 0.203. The lowest BCUT2D eigenvalue weighted by atomic mass is 10.4. The summed E-state index contributed by atoms with van der Waals surface area (Å²) in [7, 11) is 0. The third-order valence-corrected chi connectivity index (χ3v) is 2.16. The van der Waals surface area contributed by atoms with Crippen LogP contribution in [0.15, 0.2) is 22.8 Å². The summed E-state index contributed by atoms with van der Waals surface area (Å²) in [4.78, 5) is 13.4. The standard InChI is InChI=1S/C9H13N3O2/c13-9(11-8-2-1-7-14-8)12-5-3-10-4-6-12/h1-2,7,10H,3-6H2,(H,11,13). The van der Waals surface area contributed by atoms with Gasteiger partial charge in [-0.15, -0.1) is 0 Å². The van der Waals surface area contributed by atoms with Crippen LogP contribution in [-0.4, -0.2) is 37.1 Å². The van der Waals surface area contributed by atoms with E-state index in [4.69, 9.17) is 4.42 Å². The first kappa shape index (κ1) is 9.08. The van der Waals surface area contributed by atoms with Crippen molar-refractivity contribution in [2.24, 2.45) is 0 Å². The lowest BCUT2D eigenvalue weighted by Crippen LogP contribution is -2.48. The highest BCUT2D eigenvalue weighted by Crippen LogP contribution is 2.07. The second-order valence-corrected chi connectivity index (χ2v) is 3.14. The predicted molar refractivity (Wildman–Crippen MR) is 52.2 cm³/mol. The van der Waals surface area contributed by atoms with Crippen molar-refractivity contribution in [3.05, 3.63) is 18.4 Å². The summed E-state index contributed by atoms with van der Waals surface area (Å²) >= 11 is 0. The molecule has 0 aromatic carbocycles. The third kappa shape index (κ3) is 2.05. The quantitative estimate of drug-likeness (QED) is 0.694. The molecule has 0 atom stereocenters. The van der Waals surface area contributed by atoms with E-state index in [1.165, 1.54) is 6.26 Å². The van der Waals surface area contributed by atoms with Gasteiger partial charge in [-0.2, -0.15) is 0 Å². The molecule has 76 valence electrons. The zero-order valence-electron chi connectivity index (χ0n) is 7.82. The van der Waals surface area contributed by atoms with Gasteiger partial charge in [0.25, 0.3) is 0 Å². The minimum Gasteiger partial charge on any atom is -0.449 e. The van der Waals surface area contributed by atoms with Gasteiger partial charge in [0.05, 0.1) is 6.26 Å². The number of rotatable bonds is 1. The van der Waals surface area contributed by atoms with E-state index in [-0.39, 0.29) is 6.03 Å². The van der Waals surface area contributed by atoms with E-state index in [1.807, 2.05) is 0 Å². The number of carbonyl (C=O) groups excluding carboxylic acids is 1. The van der Waals surface area contributed by atoms with Crippen molar-refractivity contribution in [1.29, 1.82) is 0 Å². The van der Waals surface area contributed by atoms with Crippen molar-refractivity contribution in [3.63, 3.8) is 0 Å². The van der Waals surface area contributed by atoms with Gasteiger partial charge in [-0.25, -0.2) is 4.79 Å². The highest BCUT2D eigenvalue weighted by atomic mass is 16.3. The zero-order chi connectivity index (χ0) is 9.80. The molecule has 5 heteroatoms. The summed E-state index contributed by atoms with van der Waals surface area (Å²) in [5.74, 6) is 0.494. The monoisotopic (exact) mass is 195 g/mol. The Morgan fingerprint density at radius 2 is 2.29 bits per heavy atom. The summed E-state index contributed by atoms with van der Waals surface area (Å²) < 4.78 is 5.02. The highest BCUT2D eigenvalue weighted by molar-refractivity contribution is 5.87. The Morgan fingerprint density at radius 1 is 1.50 bits per heavy atom. The largest absolute Gasteiger partial charge is 0.449 e. The smallest absolute Gasteiger partial charge is 0.324 e. The van der Waals surface area contributed by atoms with Crippen molar-refractivity contribution in [2.75, 3.05) is 31.5 Å². The number of furan rings is 1. The fourth-order valence-electron chi connectivity index (χ4n) is 1.40. The van der Waals surface area contributed by atoms with Crippen molar-refractivity contribution in [1.82, 2.24) is 10.2 Å². The third-order valence-electron chi connectivity index (χ3n) is 2.16. The fourth-order valence-corrected chi connectivity index (χ4v) is 1.40. The minimum absolute atomic E-state index is 0.0959. The van der Waals surface area contributed by atoms with Crippen LogP contribution in [-0.2, 0) is 0 Å². The second kappa shape index (κ2) is 4.15. The van der Waals surface area contributed by atoms with Gasteiger partial charge in [0.15, 0.2) is 0 Å². The molecule has 0 unspecified atom stereocenters. The number of piperazine rings is 1. The van der Waals surface area contributed by atoms with Crippen LogP contribution in [0.25, 0.3) is 0 Å². The van der Waals surface area contributed by atoms with Crippen LogP contribution in [0.4, 0.5) is 10.7 Å². The van der Waals surface area contributed by atoms with Crippen molar-refractivity contribution < 1.29 is 9.21 Å². The molecule has 0 bridgehead atoms. The van der Waals surface area contributed by atoms with Crippen LogP contribution in [0, 0.1) is 0 Å². The zero-order valence-corrected chi connectivity index (χ0v) is 7.82. The summed E-state index contributed by atoms with van der Waals surface area (Å²) in [6.45, 7) is 3.19. The molecule has 14 heavy (non-hydrogen) atoms. The molecule has 1 aromatic rings. The molecule has 2 rings (SSSR count). The Balaban J connectivity index is 1.88. The van der Waals surface area contributed by atoms with Crippen LogP contribution < -0.4 is 10.6 Å². The Labute approximate surface area is 82.1 Å². The fraction of sp³-hybridized carbons (Fsp3) is 0.444. The summed E-state index contributed by atoms with van der Waals surface area (Å²) in [6, 6.07) is 3.37. The van der Waals surface area contributed by atoms with Crippen molar-refractivity contribution in [3.8, 4) is 0 Å². The predicted octanol–water partition coefficient (Wildman–Crippen LogP) is 0.717.